The fraction of sp³-hybridized carbons (Fsp3) is 0.143. The summed E-state index contributed by atoms with van der Waals surface area (Å²) in [7, 11) is 0. The van der Waals surface area contributed by atoms with Gasteiger partial charge in [-0.2, -0.15) is 0 Å². The number of pyridine rings is 1. The van der Waals surface area contributed by atoms with Crippen LogP contribution in [0.25, 0.3) is 0 Å². The third-order valence-corrected chi connectivity index (χ3v) is 3.37. The van der Waals surface area contributed by atoms with Crippen molar-refractivity contribution in [3.8, 4) is 5.75 Å². The first-order valence-electron chi connectivity index (χ1n) is 6.01. The third kappa shape index (κ3) is 3.79. The number of hydrogen-bond acceptors (Lipinski definition) is 4. The van der Waals surface area contributed by atoms with E-state index < -0.39 is 6.04 Å². The second kappa shape index (κ2) is 6.49. The SMILES string of the molecule is N[C@@H](Cc1ccc(O)cc1)C(=O)Nc1ncccc1Br. The zero-order valence-corrected chi connectivity index (χ0v) is 12.2. The van der Waals surface area contributed by atoms with E-state index in [9.17, 15) is 9.90 Å². The third-order valence-electron chi connectivity index (χ3n) is 2.73. The number of halogens is 1. The monoisotopic (exact) mass is 335 g/mol. The number of benzene rings is 1. The van der Waals surface area contributed by atoms with Crippen LogP contribution in [0, 0.1) is 0 Å². The number of aromatic hydroxyl groups is 1. The van der Waals surface area contributed by atoms with Gasteiger partial charge >= 0.3 is 0 Å². The molecule has 0 saturated carbocycles. The van der Waals surface area contributed by atoms with Gasteiger partial charge in [-0.05, 0) is 52.2 Å². The van der Waals surface area contributed by atoms with Gasteiger partial charge in [-0.1, -0.05) is 12.1 Å². The molecule has 0 bridgehead atoms. The van der Waals surface area contributed by atoms with Crippen LogP contribution in [0.2, 0.25) is 0 Å². The molecule has 4 N–H and O–H groups in total. The van der Waals surface area contributed by atoms with E-state index in [1.165, 1.54) is 0 Å². The number of nitrogens with two attached hydrogens (primary N) is 1. The highest BCUT2D eigenvalue weighted by Crippen LogP contribution is 2.18. The highest BCUT2D eigenvalue weighted by atomic mass is 79.9. The normalized spacial score (nSPS) is 11.9. The number of nitrogens with one attached hydrogen (secondary N) is 1. The fourth-order valence-electron chi connectivity index (χ4n) is 1.67. The van der Waals surface area contributed by atoms with Crippen molar-refractivity contribution >= 4 is 27.7 Å². The minimum absolute atomic E-state index is 0.184. The van der Waals surface area contributed by atoms with Crippen molar-refractivity contribution in [1.82, 2.24) is 4.98 Å². The van der Waals surface area contributed by atoms with Gasteiger partial charge in [0.15, 0.2) is 0 Å². The summed E-state index contributed by atoms with van der Waals surface area (Å²) in [4.78, 5) is 16.0. The highest BCUT2D eigenvalue weighted by Gasteiger charge is 2.15. The maximum atomic E-state index is 12.0. The van der Waals surface area contributed by atoms with Crippen molar-refractivity contribution < 1.29 is 9.90 Å². The summed E-state index contributed by atoms with van der Waals surface area (Å²) in [6.45, 7) is 0. The molecule has 5 nitrogen and oxygen atoms in total. The van der Waals surface area contributed by atoms with Crippen LogP contribution in [0.15, 0.2) is 47.1 Å². The first kappa shape index (κ1) is 14.5. The molecule has 1 atom stereocenters. The topological polar surface area (TPSA) is 88.2 Å². The molecule has 0 radical (unpaired) electrons. The smallest absolute Gasteiger partial charge is 0.242 e. The van der Waals surface area contributed by atoms with Gasteiger partial charge in [-0.3, -0.25) is 4.79 Å². The van der Waals surface area contributed by atoms with Gasteiger partial charge in [0.1, 0.15) is 11.6 Å². The molecule has 2 aromatic rings. The maximum Gasteiger partial charge on any atom is 0.242 e. The van der Waals surface area contributed by atoms with E-state index in [1.54, 1.807) is 42.6 Å². The Hall–Kier alpha value is -1.92. The molecule has 0 aliphatic heterocycles. The van der Waals surface area contributed by atoms with Gasteiger partial charge < -0.3 is 16.2 Å². The first-order valence-corrected chi connectivity index (χ1v) is 6.80. The number of hydrogen-bond donors (Lipinski definition) is 3. The molecule has 1 aromatic heterocycles. The minimum atomic E-state index is -0.687. The number of carbonyl (C=O) groups is 1. The summed E-state index contributed by atoms with van der Waals surface area (Å²) in [5.41, 5.74) is 6.75. The van der Waals surface area contributed by atoms with Crippen molar-refractivity contribution in [2.45, 2.75) is 12.5 Å². The van der Waals surface area contributed by atoms with Crippen LogP contribution in [-0.2, 0) is 11.2 Å². The molecule has 0 aliphatic carbocycles. The van der Waals surface area contributed by atoms with Crippen molar-refractivity contribution in [3.63, 3.8) is 0 Å². The number of phenols is 1. The van der Waals surface area contributed by atoms with Gasteiger partial charge in [-0.15, -0.1) is 0 Å². The summed E-state index contributed by atoms with van der Waals surface area (Å²) in [5.74, 6) is 0.320. The Morgan fingerprint density at radius 1 is 1.35 bits per heavy atom. The Balaban J connectivity index is 1.99. The molecule has 1 aromatic carbocycles. The second-order valence-corrected chi connectivity index (χ2v) is 5.15. The summed E-state index contributed by atoms with van der Waals surface area (Å²) in [6, 6.07) is 9.46. The molecule has 1 heterocycles. The van der Waals surface area contributed by atoms with E-state index in [4.69, 9.17) is 5.73 Å². The Labute approximate surface area is 125 Å². The Kier molecular flexibility index (Phi) is 4.70. The highest BCUT2D eigenvalue weighted by molar-refractivity contribution is 9.10. The van der Waals surface area contributed by atoms with Crippen molar-refractivity contribution in [2.24, 2.45) is 5.73 Å². The predicted octanol–water partition coefficient (Wildman–Crippen LogP) is 2.06. The molecule has 6 heteroatoms. The number of nitrogens with zero attached hydrogens (tertiary/aromatic N) is 1. The molecule has 0 saturated heterocycles. The lowest BCUT2D eigenvalue weighted by Crippen LogP contribution is -2.37. The van der Waals surface area contributed by atoms with Crippen LogP contribution < -0.4 is 11.1 Å². The standard InChI is InChI=1S/C14H14BrN3O2/c15-11-2-1-7-17-13(11)18-14(20)12(16)8-9-3-5-10(19)6-4-9/h1-7,12,19H,8,16H2,(H,17,18,20)/t12-/m0/s1. The zero-order valence-electron chi connectivity index (χ0n) is 10.6. The Morgan fingerprint density at radius 2 is 2.05 bits per heavy atom. The Morgan fingerprint density at radius 3 is 2.70 bits per heavy atom. The predicted molar refractivity (Wildman–Crippen MR) is 80.4 cm³/mol. The molecular formula is C14H14BrN3O2. The van der Waals surface area contributed by atoms with Gasteiger partial charge in [0.25, 0.3) is 0 Å². The average molecular weight is 336 g/mol. The van der Waals surface area contributed by atoms with Crippen molar-refractivity contribution in [2.75, 3.05) is 5.32 Å². The van der Waals surface area contributed by atoms with Gasteiger partial charge in [0.05, 0.1) is 10.5 Å². The van der Waals surface area contributed by atoms with Crippen molar-refractivity contribution in [1.29, 1.82) is 0 Å². The quantitative estimate of drug-likeness (QED) is 0.797. The molecule has 0 spiro atoms. The van der Waals surface area contributed by atoms with Crippen LogP contribution in [0.5, 0.6) is 5.75 Å². The molecule has 1 amide bonds. The lowest BCUT2D eigenvalue weighted by atomic mass is 10.1. The van der Waals surface area contributed by atoms with E-state index in [0.717, 1.165) is 5.56 Å². The zero-order chi connectivity index (χ0) is 14.5. The number of phenolic OH excluding ortho intramolecular Hbond substituents is 1. The van der Waals surface area contributed by atoms with Gasteiger partial charge in [0.2, 0.25) is 5.91 Å². The van der Waals surface area contributed by atoms with Gasteiger partial charge in [0, 0.05) is 6.20 Å². The van der Waals surface area contributed by atoms with Crippen molar-refractivity contribution in [3.05, 3.63) is 52.6 Å². The van der Waals surface area contributed by atoms with Gasteiger partial charge in [-0.25, -0.2) is 4.98 Å². The largest absolute Gasteiger partial charge is 0.508 e. The van der Waals surface area contributed by atoms with E-state index >= 15 is 0 Å². The Bertz CT molecular complexity index is 602. The van der Waals surface area contributed by atoms with E-state index in [1.807, 2.05) is 0 Å². The van der Waals surface area contributed by atoms with E-state index in [0.29, 0.717) is 16.7 Å². The van der Waals surface area contributed by atoms with Crippen LogP contribution >= 0.6 is 15.9 Å². The van der Waals surface area contributed by atoms with Crippen LogP contribution in [0.4, 0.5) is 5.82 Å². The van der Waals surface area contributed by atoms with Crippen LogP contribution in [0.3, 0.4) is 0 Å². The van der Waals surface area contributed by atoms with Crippen LogP contribution in [-0.4, -0.2) is 22.0 Å². The molecule has 0 unspecified atom stereocenters. The number of amides is 1. The lowest BCUT2D eigenvalue weighted by molar-refractivity contribution is -0.117. The fourth-order valence-corrected chi connectivity index (χ4v) is 2.02. The summed E-state index contributed by atoms with van der Waals surface area (Å²) in [6.07, 6.45) is 1.97. The maximum absolute atomic E-state index is 12.0. The lowest BCUT2D eigenvalue weighted by Gasteiger charge is -2.12. The minimum Gasteiger partial charge on any atom is -0.508 e. The van der Waals surface area contributed by atoms with Crippen LogP contribution in [0.1, 0.15) is 5.56 Å². The molecule has 0 aliphatic rings. The van der Waals surface area contributed by atoms with E-state index in [2.05, 4.69) is 26.2 Å². The second-order valence-electron chi connectivity index (χ2n) is 4.30. The average Bonchev–Trinajstić information content (AvgIpc) is 2.44. The number of carbonyl (C=O) groups excluding carboxylic acids is 1. The molecule has 20 heavy (non-hydrogen) atoms. The molecule has 2 rings (SSSR count). The number of aromatic nitrogens is 1. The van der Waals surface area contributed by atoms with E-state index in [-0.39, 0.29) is 11.7 Å². The summed E-state index contributed by atoms with van der Waals surface area (Å²) < 4.78 is 0.699. The summed E-state index contributed by atoms with van der Waals surface area (Å²) >= 11 is 3.30. The number of rotatable bonds is 4. The molecule has 0 fully saturated rings. The number of anilines is 1. The molecule has 104 valence electrons. The molecular weight excluding hydrogens is 322 g/mol. The summed E-state index contributed by atoms with van der Waals surface area (Å²) in [5, 5.41) is 11.9. The first-order chi connectivity index (χ1) is 9.56.